The first kappa shape index (κ1) is 28.9. The van der Waals surface area contributed by atoms with E-state index in [4.69, 9.17) is 30.1 Å². The predicted molar refractivity (Wildman–Crippen MR) is 173 cm³/mol. The molecular weight excluding hydrogens is 586 g/mol. The summed E-state index contributed by atoms with van der Waals surface area (Å²) in [5.74, 6) is 3.23. The number of rotatable bonds is 7. The molecule has 0 saturated carbocycles. The first-order valence-corrected chi connectivity index (χ1v) is 17.4. The van der Waals surface area contributed by atoms with Crippen molar-refractivity contribution in [3.05, 3.63) is 33.5 Å². The van der Waals surface area contributed by atoms with E-state index in [-0.39, 0.29) is 5.92 Å². The van der Waals surface area contributed by atoms with Gasteiger partial charge in [-0.1, -0.05) is 12.1 Å². The molecule has 0 amide bonds. The summed E-state index contributed by atoms with van der Waals surface area (Å²) in [5, 5.41) is 20.8. The minimum atomic E-state index is 0.107. The highest BCUT2D eigenvalue weighted by Crippen LogP contribution is 2.41. The molecule has 2 fully saturated rings. The van der Waals surface area contributed by atoms with Crippen LogP contribution in [0.1, 0.15) is 85.2 Å². The second kappa shape index (κ2) is 11.7. The van der Waals surface area contributed by atoms with Gasteiger partial charge in [0.1, 0.15) is 22.6 Å². The molecule has 2 saturated heterocycles. The molecule has 12 heteroatoms. The standard InChI is InChI=1S/C33H41N9O2S/c1-19-8-9-22-10-11-26-27-32(41(22)15-19)36-31(37-33(27)42(38-26)16-23-6-4-12-40(23)2)28-25-18-43-17-20(29(25)44-39-28)5-3-7-24-13-21(14-34)30(35)45-24/h13,19-20,22-23H,3-12,15-18,35H2,1-2H3/t19?,20?,22-,23?/m1/s1. The average molecular weight is 628 g/mol. The van der Waals surface area contributed by atoms with E-state index < -0.39 is 0 Å². The van der Waals surface area contributed by atoms with Crippen LogP contribution < -0.4 is 10.6 Å². The third kappa shape index (κ3) is 5.19. The van der Waals surface area contributed by atoms with Crippen LogP contribution in [0.15, 0.2) is 10.6 Å². The number of hydrogen-bond donors (Lipinski definition) is 1. The number of nitrogen functional groups attached to an aromatic ring is 1. The van der Waals surface area contributed by atoms with Gasteiger partial charge in [0.05, 0.1) is 42.0 Å². The van der Waals surface area contributed by atoms with Crippen molar-refractivity contribution in [2.24, 2.45) is 5.92 Å². The van der Waals surface area contributed by atoms with Crippen LogP contribution >= 0.6 is 11.3 Å². The van der Waals surface area contributed by atoms with Crippen LogP contribution in [0.4, 0.5) is 10.8 Å². The lowest BCUT2D eigenvalue weighted by atomic mass is 9.92. The summed E-state index contributed by atoms with van der Waals surface area (Å²) < 4.78 is 14.4. The predicted octanol–water partition coefficient (Wildman–Crippen LogP) is 5.28. The van der Waals surface area contributed by atoms with Crippen molar-refractivity contribution in [2.75, 3.05) is 37.4 Å². The zero-order valence-corrected chi connectivity index (χ0v) is 27.0. The normalized spacial score (nSPS) is 24.9. The molecule has 4 aromatic rings. The Morgan fingerprint density at radius 2 is 2.11 bits per heavy atom. The summed E-state index contributed by atoms with van der Waals surface area (Å²) in [6, 6.07) is 5.01. The minimum Gasteiger partial charge on any atom is -0.389 e. The van der Waals surface area contributed by atoms with Crippen LogP contribution in [0.2, 0.25) is 0 Å². The largest absolute Gasteiger partial charge is 0.389 e. The van der Waals surface area contributed by atoms with Gasteiger partial charge in [0.25, 0.3) is 0 Å². The third-order valence-corrected chi connectivity index (χ3v) is 11.5. The SMILES string of the molecule is CC1CC[C@@H]2CCc3nn(CC4CCCN4C)c4nc(-c5noc6c5COCC6CCCc5cc(C#N)c(N)s5)nc(c34)N2C1. The fraction of sp³-hybridized carbons (Fsp3) is 0.606. The highest BCUT2D eigenvalue weighted by molar-refractivity contribution is 7.16. The van der Waals surface area contributed by atoms with Gasteiger partial charge in [-0.05, 0) is 83.4 Å². The quantitative estimate of drug-likeness (QED) is 0.288. The van der Waals surface area contributed by atoms with Crippen LogP contribution in [0.5, 0.6) is 0 Å². The Balaban J connectivity index is 1.14. The zero-order chi connectivity index (χ0) is 30.7. The highest BCUT2D eigenvalue weighted by atomic mass is 32.1. The molecule has 8 rings (SSSR count). The van der Waals surface area contributed by atoms with Crippen molar-refractivity contribution in [1.82, 2.24) is 29.8 Å². The van der Waals surface area contributed by atoms with E-state index >= 15 is 0 Å². The van der Waals surface area contributed by atoms with E-state index in [1.165, 1.54) is 37.0 Å². The summed E-state index contributed by atoms with van der Waals surface area (Å²) in [6.07, 6.45) is 9.59. The minimum absolute atomic E-state index is 0.107. The molecule has 45 heavy (non-hydrogen) atoms. The molecule has 2 N–H and O–H groups in total. The molecule has 4 atom stereocenters. The second-order valence-corrected chi connectivity index (χ2v) is 14.8. The van der Waals surface area contributed by atoms with Crippen LogP contribution in [-0.4, -0.2) is 68.6 Å². The Morgan fingerprint density at radius 1 is 1.20 bits per heavy atom. The first-order chi connectivity index (χ1) is 22.0. The summed E-state index contributed by atoms with van der Waals surface area (Å²) in [6.45, 7) is 6.35. The number of ether oxygens (including phenoxy) is 1. The monoisotopic (exact) mass is 627 g/mol. The Morgan fingerprint density at radius 3 is 2.93 bits per heavy atom. The number of aryl methyl sites for hydroxylation is 2. The maximum atomic E-state index is 9.26. The summed E-state index contributed by atoms with van der Waals surface area (Å²) >= 11 is 1.50. The van der Waals surface area contributed by atoms with Crippen molar-refractivity contribution in [2.45, 2.75) is 95.9 Å². The number of thiophene rings is 1. The van der Waals surface area contributed by atoms with Gasteiger partial charge in [-0.15, -0.1) is 11.3 Å². The van der Waals surface area contributed by atoms with Gasteiger partial charge >= 0.3 is 0 Å². The van der Waals surface area contributed by atoms with Crippen LogP contribution in [0.25, 0.3) is 22.6 Å². The summed E-state index contributed by atoms with van der Waals surface area (Å²) in [7, 11) is 2.22. The lowest BCUT2D eigenvalue weighted by Crippen LogP contribution is -2.43. The van der Waals surface area contributed by atoms with Crippen molar-refractivity contribution in [3.63, 3.8) is 0 Å². The number of anilines is 2. The number of piperidine rings is 1. The van der Waals surface area contributed by atoms with E-state index in [0.717, 1.165) is 90.5 Å². The van der Waals surface area contributed by atoms with Gasteiger partial charge in [0.2, 0.25) is 0 Å². The van der Waals surface area contributed by atoms with Crippen molar-refractivity contribution in [3.8, 4) is 17.6 Å². The highest BCUT2D eigenvalue weighted by Gasteiger charge is 2.36. The number of nitrogens with zero attached hydrogens (tertiary/aromatic N) is 8. The number of aromatic nitrogens is 5. The molecular formula is C33H41N9O2S. The number of likely N-dealkylation sites (N-methyl/N-ethyl adjacent to an activating group) is 1. The van der Waals surface area contributed by atoms with Gasteiger partial charge in [-0.25, -0.2) is 14.6 Å². The summed E-state index contributed by atoms with van der Waals surface area (Å²) in [5.41, 5.74) is 10.3. The number of likely N-dealkylation sites (tertiary alicyclic amines) is 1. The molecule has 3 unspecified atom stereocenters. The van der Waals surface area contributed by atoms with E-state index in [9.17, 15) is 5.26 Å². The topological polar surface area (TPSA) is 135 Å². The molecule has 4 aliphatic rings. The molecule has 0 aromatic carbocycles. The number of fused-ring (bicyclic) bond motifs is 3. The summed E-state index contributed by atoms with van der Waals surface area (Å²) in [4.78, 5) is 16.7. The maximum Gasteiger partial charge on any atom is 0.186 e. The van der Waals surface area contributed by atoms with Gasteiger partial charge in [0.15, 0.2) is 17.2 Å². The lowest BCUT2D eigenvalue weighted by molar-refractivity contribution is 0.0779. The van der Waals surface area contributed by atoms with E-state index in [0.29, 0.717) is 53.3 Å². The Kier molecular flexibility index (Phi) is 7.50. The molecule has 4 aliphatic heterocycles. The zero-order valence-electron chi connectivity index (χ0n) is 26.2. The molecule has 0 radical (unpaired) electrons. The molecule has 0 aliphatic carbocycles. The molecule has 4 aromatic heterocycles. The average Bonchev–Trinajstić information content (AvgIpc) is 3.80. The molecule has 236 valence electrons. The fourth-order valence-corrected chi connectivity index (χ4v) is 8.89. The Hall–Kier alpha value is -3.53. The van der Waals surface area contributed by atoms with Crippen molar-refractivity contribution in [1.29, 1.82) is 5.26 Å². The number of nitrogens with two attached hydrogens (primary N) is 1. The molecule has 11 nitrogen and oxygen atoms in total. The van der Waals surface area contributed by atoms with Crippen LogP contribution in [0, 0.1) is 17.2 Å². The second-order valence-electron chi connectivity index (χ2n) is 13.6. The van der Waals surface area contributed by atoms with Gasteiger partial charge in [0, 0.05) is 29.4 Å². The van der Waals surface area contributed by atoms with Gasteiger partial charge in [-0.2, -0.15) is 10.4 Å². The van der Waals surface area contributed by atoms with E-state index in [2.05, 4.69) is 39.7 Å². The van der Waals surface area contributed by atoms with E-state index in [1.807, 2.05) is 6.07 Å². The van der Waals surface area contributed by atoms with Crippen LogP contribution in [0.3, 0.4) is 0 Å². The number of nitriles is 1. The molecule has 0 bridgehead atoms. The Labute approximate surface area is 267 Å². The van der Waals surface area contributed by atoms with Crippen molar-refractivity contribution >= 4 is 33.2 Å². The van der Waals surface area contributed by atoms with Gasteiger partial charge < -0.3 is 24.8 Å². The third-order valence-electron chi connectivity index (χ3n) is 10.5. The molecule has 8 heterocycles. The number of hydrogen-bond acceptors (Lipinski definition) is 11. The smallest absolute Gasteiger partial charge is 0.186 e. The van der Waals surface area contributed by atoms with Gasteiger partial charge in [-0.3, -0.25) is 0 Å². The van der Waals surface area contributed by atoms with Crippen molar-refractivity contribution < 1.29 is 9.26 Å². The Bertz CT molecular complexity index is 1770. The maximum absolute atomic E-state index is 9.26. The van der Waals surface area contributed by atoms with E-state index in [1.54, 1.807) is 0 Å². The fourth-order valence-electron chi connectivity index (χ4n) is 7.97. The van der Waals surface area contributed by atoms with Crippen LogP contribution in [-0.2, 0) is 30.7 Å². The first-order valence-electron chi connectivity index (χ1n) is 16.6. The lowest BCUT2D eigenvalue weighted by Gasteiger charge is -2.39. The molecule has 0 spiro atoms.